The number of allylic oxidation sites excluding steroid dienone is 7. The number of esters is 1. The average molecular weight is 1170 g/mol. The van der Waals surface area contributed by atoms with Crippen LogP contribution in [0.25, 0.3) is 0 Å². The SMILES string of the molecule is CCCCC/C=C\C/C=C\C/C=C\CCCCCCCCCCCCC(=O)NC(COP(=O)([O-])OCC[N+](C)(C)C)C(/C=C/CCCCCCCCCCCC)OC(=O)CCCCCCCCCCCCCCCCCCCCCCC. The molecule has 1 amide bonds. The third-order valence-corrected chi connectivity index (χ3v) is 17.0. The number of phosphoric ester groups is 1. The van der Waals surface area contributed by atoms with Crippen molar-refractivity contribution in [2.24, 2.45) is 0 Å². The van der Waals surface area contributed by atoms with E-state index in [-0.39, 0.29) is 31.5 Å². The lowest BCUT2D eigenvalue weighted by Crippen LogP contribution is -2.47. The highest BCUT2D eigenvalue weighted by Crippen LogP contribution is 2.38. The first-order chi connectivity index (χ1) is 39.9. The first-order valence-corrected chi connectivity index (χ1v) is 36.9. The van der Waals surface area contributed by atoms with Crippen molar-refractivity contribution in [3.05, 3.63) is 48.6 Å². The molecule has 0 rings (SSSR count). The molecular formula is C72H137N2O7P. The lowest BCUT2D eigenvalue weighted by atomic mass is 10.0. The highest BCUT2D eigenvalue weighted by atomic mass is 31.2. The number of quaternary nitrogens is 1. The molecule has 0 aliphatic carbocycles. The zero-order valence-corrected chi connectivity index (χ0v) is 56.1. The third-order valence-electron chi connectivity index (χ3n) is 16.0. The Morgan fingerprint density at radius 2 is 0.744 bits per heavy atom. The van der Waals surface area contributed by atoms with Gasteiger partial charge >= 0.3 is 5.97 Å². The summed E-state index contributed by atoms with van der Waals surface area (Å²) in [6.45, 7) is 6.87. The van der Waals surface area contributed by atoms with Crippen molar-refractivity contribution >= 4 is 19.7 Å². The number of nitrogens with one attached hydrogen (secondary N) is 1. The Morgan fingerprint density at radius 1 is 0.427 bits per heavy atom. The molecule has 0 aliphatic rings. The molecule has 482 valence electrons. The van der Waals surface area contributed by atoms with Gasteiger partial charge in [-0.05, 0) is 70.3 Å². The number of carbonyl (C=O) groups is 2. The molecule has 82 heavy (non-hydrogen) atoms. The predicted octanol–water partition coefficient (Wildman–Crippen LogP) is 21.8. The Bertz CT molecular complexity index is 1540. The topological polar surface area (TPSA) is 114 Å². The van der Waals surface area contributed by atoms with Crippen molar-refractivity contribution in [3.8, 4) is 0 Å². The normalized spacial score (nSPS) is 13.8. The summed E-state index contributed by atoms with van der Waals surface area (Å²) in [6, 6.07) is -0.889. The second kappa shape index (κ2) is 62.0. The summed E-state index contributed by atoms with van der Waals surface area (Å²) >= 11 is 0. The van der Waals surface area contributed by atoms with Crippen LogP contribution in [-0.2, 0) is 27.9 Å². The van der Waals surface area contributed by atoms with Crippen molar-refractivity contribution in [2.45, 2.75) is 360 Å². The third kappa shape index (κ3) is 62.5. The van der Waals surface area contributed by atoms with Crippen molar-refractivity contribution in [3.63, 3.8) is 0 Å². The van der Waals surface area contributed by atoms with E-state index >= 15 is 0 Å². The molecule has 0 aromatic carbocycles. The summed E-state index contributed by atoms with van der Waals surface area (Å²) in [5.74, 6) is -0.528. The van der Waals surface area contributed by atoms with Crippen LogP contribution in [0.15, 0.2) is 48.6 Å². The van der Waals surface area contributed by atoms with Crippen LogP contribution in [0.3, 0.4) is 0 Å². The van der Waals surface area contributed by atoms with Gasteiger partial charge in [0.05, 0.1) is 33.8 Å². The Balaban J connectivity index is 5.07. The molecule has 0 aromatic rings. The molecule has 0 fully saturated rings. The minimum Gasteiger partial charge on any atom is -0.756 e. The van der Waals surface area contributed by atoms with Crippen LogP contribution in [0.2, 0.25) is 0 Å². The van der Waals surface area contributed by atoms with E-state index in [1.165, 1.54) is 238 Å². The number of nitrogens with zero attached hydrogens (tertiary/aromatic N) is 1. The van der Waals surface area contributed by atoms with Gasteiger partial charge in [-0.3, -0.25) is 14.2 Å². The lowest BCUT2D eigenvalue weighted by Gasteiger charge is -2.30. The molecule has 0 saturated carbocycles. The summed E-state index contributed by atoms with van der Waals surface area (Å²) in [5.41, 5.74) is 0. The monoisotopic (exact) mass is 1170 g/mol. The number of carbonyl (C=O) groups excluding carboxylic acids is 2. The van der Waals surface area contributed by atoms with E-state index in [2.05, 4.69) is 62.5 Å². The number of likely N-dealkylation sites (N-methyl/N-ethyl adjacent to an activating group) is 1. The van der Waals surface area contributed by atoms with Gasteiger partial charge in [0.1, 0.15) is 19.3 Å². The number of hydrogen-bond acceptors (Lipinski definition) is 7. The molecular weight excluding hydrogens is 1040 g/mol. The van der Waals surface area contributed by atoms with E-state index in [0.717, 1.165) is 77.0 Å². The minimum atomic E-state index is -4.70. The molecule has 0 bridgehead atoms. The standard InChI is InChI=1S/C72H137N2O7P/c1-7-10-13-16-19-22-25-28-30-32-34-36-37-39-40-42-44-46-49-52-55-58-61-64-71(75)73-69(68-80-82(77,78)79-67-66-74(4,5)6)70(63-60-57-54-51-48-27-24-21-18-15-12-9-3)81-72(76)65-62-59-56-53-50-47-45-43-41-38-35-33-31-29-26-23-20-17-14-11-8-2/h19,22,28,30,34,36,60,63,69-70H,7-18,20-21,23-27,29,31-33,35,37-59,61-62,64-68H2,1-6H3,(H-,73,75,77,78)/b22-19-,30-28-,36-34-,63-60+. The largest absolute Gasteiger partial charge is 0.756 e. The van der Waals surface area contributed by atoms with Gasteiger partial charge in [-0.15, -0.1) is 0 Å². The second-order valence-electron chi connectivity index (χ2n) is 25.4. The number of ether oxygens (including phenoxy) is 1. The van der Waals surface area contributed by atoms with Crippen molar-refractivity contribution in [2.75, 3.05) is 40.9 Å². The molecule has 3 unspecified atom stereocenters. The number of rotatable bonds is 65. The van der Waals surface area contributed by atoms with Gasteiger partial charge in [0.15, 0.2) is 0 Å². The highest BCUT2D eigenvalue weighted by molar-refractivity contribution is 7.45. The van der Waals surface area contributed by atoms with Gasteiger partial charge in [-0.2, -0.15) is 0 Å². The van der Waals surface area contributed by atoms with Crippen LogP contribution in [0.4, 0.5) is 0 Å². The van der Waals surface area contributed by atoms with Gasteiger partial charge < -0.3 is 28.5 Å². The molecule has 0 aliphatic heterocycles. The van der Waals surface area contributed by atoms with Crippen LogP contribution in [0, 0.1) is 0 Å². The van der Waals surface area contributed by atoms with E-state index in [9.17, 15) is 19.0 Å². The van der Waals surface area contributed by atoms with Crippen LogP contribution in [0.1, 0.15) is 348 Å². The average Bonchev–Trinajstić information content (AvgIpc) is 3.47. The summed E-state index contributed by atoms with van der Waals surface area (Å²) < 4.78 is 30.4. The van der Waals surface area contributed by atoms with Crippen LogP contribution >= 0.6 is 7.82 Å². The Morgan fingerprint density at radius 3 is 1.13 bits per heavy atom. The van der Waals surface area contributed by atoms with Gasteiger partial charge in [0.2, 0.25) is 5.91 Å². The molecule has 9 nitrogen and oxygen atoms in total. The molecule has 0 heterocycles. The van der Waals surface area contributed by atoms with Gasteiger partial charge in [-0.25, -0.2) is 0 Å². The Hall–Kier alpha value is -2.03. The smallest absolute Gasteiger partial charge is 0.306 e. The fraction of sp³-hybridized carbons (Fsp3) is 0.861. The van der Waals surface area contributed by atoms with Crippen molar-refractivity contribution < 1.29 is 37.3 Å². The summed E-state index contributed by atoms with van der Waals surface area (Å²) in [7, 11) is 1.19. The molecule has 0 radical (unpaired) electrons. The minimum absolute atomic E-state index is 0.0215. The fourth-order valence-electron chi connectivity index (χ4n) is 10.5. The highest BCUT2D eigenvalue weighted by Gasteiger charge is 2.27. The number of phosphoric acid groups is 1. The molecule has 1 N–H and O–H groups in total. The predicted molar refractivity (Wildman–Crippen MR) is 353 cm³/mol. The van der Waals surface area contributed by atoms with E-state index < -0.39 is 20.0 Å². The maximum atomic E-state index is 13.6. The Kier molecular flexibility index (Phi) is 60.5. The summed E-state index contributed by atoms with van der Waals surface area (Å²) in [4.78, 5) is 40.2. The van der Waals surface area contributed by atoms with Crippen LogP contribution < -0.4 is 10.2 Å². The first kappa shape index (κ1) is 80.0. The van der Waals surface area contributed by atoms with Crippen molar-refractivity contribution in [1.82, 2.24) is 5.32 Å². The Labute approximate surface area is 509 Å². The molecule has 10 heteroatoms. The van der Waals surface area contributed by atoms with E-state index in [4.69, 9.17) is 13.8 Å². The maximum Gasteiger partial charge on any atom is 0.306 e. The quantitative estimate of drug-likeness (QED) is 0.0212. The van der Waals surface area contributed by atoms with E-state index in [1.807, 2.05) is 33.3 Å². The van der Waals surface area contributed by atoms with Gasteiger partial charge in [0.25, 0.3) is 7.82 Å². The molecule has 0 spiro atoms. The van der Waals surface area contributed by atoms with E-state index in [0.29, 0.717) is 17.4 Å². The zero-order chi connectivity index (χ0) is 60.0. The molecule has 0 saturated heterocycles. The first-order valence-electron chi connectivity index (χ1n) is 35.4. The number of unbranched alkanes of at least 4 members (excludes halogenated alkanes) is 43. The molecule has 3 atom stereocenters. The van der Waals surface area contributed by atoms with Gasteiger partial charge in [-0.1, -0.05) is 314 Å². The second-order valence-corrected chi connectivity index (χ2v) is 26.8. The zero-order valence-electron chi connectivity index (χ0n) is 55.2. The summed E-state index contributed by atoms with van der Waals surface area (Å²) in [6.07, 6.45) is 78.0. The van der Waals surface area contributed by atoms with Crippen molar-refractivity contribution in [1.29, 1.82) is 0 Å². The molecule has 0 aromatic heterocycles. The van der Waals surface area contributed by atoms with Crippen LogP contribution in [0.5, 0.6) is 0 Å². The maximum absolute atomic E-state index is 13.6. The lowest BCUT2D eigenvalue weighted by molar-refractivity contribution is -0.870. The van der Waals surface area contributed by atoms with Crippen LogP contribution in [-0.4, -0.2) is 69.4 Å². The number of amides is 1. The number of hydrogen-bond donors (Lipinski definition) is 1. The van der Waals surface area contributed by atoms with E-state index in [1.54, 1.807) is 0 Å². The summed E-state index contributed by atoms with van der Waals surface area (Å²) in [5, 5.41) is 3.05. The van der Waals surface area contributed by atoms with Gasteiger partial charge in [0, 0.05) is 12.8 Å². The fourth-order valence-corrected chi connectivity index (χ4v) is 11.3.